The van der Waals surface area contributed by atoms with Gasteiger partial charge in [0.05, 0.1) is 19.9 Å². The average Bonchev–Trinajstić information content (AvgIpc) is 2.79. The van der Waals surface area contributed by atoms with Gasteiger partial charge in [-0.3, -0.25) is 4.79 Å². The zero-order chi connectivity index (χ0) is 21.2. The summed E-state index contributed by atoms with van der Waals surface area (Å²) in [5.41, 5.74) is 4.89. The molecule has 0 radical (unpaired) electrons. The number of carbonyl (C=O) groups excluding carboxylic acids is 1. The van der Waals surface area contributed by atoms with E-state index in [0.29, 0.717) is 30.3 Å². The number of hydrogen-bond donors (Lipinski definition) is 1. The minimum absolute atomic E-state index is 0.338. The molecule has 0 aromatic heterocycles. The molecule has 6 heteroatoms. The first-order valence-electron chi connectivity index (χ1n) is 9.60. The van der Waals surface area contributed by atoms with Gasteiger partial charge in [0.2, 0.25) is 0 Å². The second-order valence-corrected chi connectivity index (χ2v) is 6.34. The minimum atomic E-state index is -0.338. The minimum Gasteiger partial charge on any atom is -0.493 e. The van der Waals surface area contributed by atoms with Crippen molar-refractivity contribution in [1.29, 1.82) is 0 Å². The number of hydrazone groups is 1. The van der Waals surface area contributed by atoms with Gasteiger partial charge in [0, 0.05) is 5.56 Å². The van der Waals surface area contributed by atoms with Crippen molar-refractivity contribution in [2.45, 2.75) is 13.5 Å². The first kappa shape index (κ1) is 20.9. The molecule has 0 aliphatic heterocycles. The topological polar surface area (TPSA) is 69.2 Å². The first-order chi connectivity index (χ1) is 14.7. The number of rotatable bonds is 9. The third kappa shape index (κ3) is 5.85. The molecular weight excluding hydrogens is 380 g/mol. The predicted octanol–water partition coefficient (Wildman–Crippen LogP) is 4.44. The SMILES string of the molecule is CCOc1ccc(C(=O)N/N=C/c2ccc(OCc3ccccc3)cc2)cc1OC. The molecule has 30 heavy (non-hydrogen) atoms. The van der Waals surface area contributed by atoms with E-state index < -0.39 is 0 Å². The molecule has 154 valence electrons. The van der Waals surface area contributed by atoms with Crippen molar-refractivity contribution in [1.82, 2.24) is 5.43 Å². The van der Waals surface area contributed by atoms with Crippen molar-refractivity contribution in [2.75, 3.05) is 13.7 Å². The lowest BCUT2D eigenvalue weighted by molar-refractivity contribution is 0.0954. The summed E-state index contributed by atoms with van der Waals surface area (Å²) in [4.78, 5) is 12.3. The summed E-state index contributed by atoms with van der Waals surface area (Å²) in [6.07, 6.45) is 1.57. The summed E-state index contributed by atoms with van der Waals surface area (Å²) >= 11 is 0. The van der Waals surface area contributed by atoms with Crippen molar-refractivity contribution in [3.63, 3.8) is 0 Å². The van der Waals surface area contributed by atoms with Gasteiger partial charge in [0.15, 0.2) is 11.5 Å². The summed E-state index contributed by atoms with van der Waals surface area (Å²) in [5.74, 6) is 1.52. The second kappa shape index (κ2) is 10.7. The predicted molar refractivity (Wildman–Crippen MR) is 116 cm³/mol. The molecule has 6 nitrogen and oxygen atoms in total. The van der Waals surface area contributed by atoms with Crippen molar-refractivity contribution in [3.05, 3.63) is 89.5 Å². The van der Waals surface area contributed by atoms with Crippen LogP contribution in [0.4, 0.5) is 0 Å². The number of carbonyl (C=O) groups is 1. The zero-order valence-corrected chi connectivity index (χ0v) is 17.0. The molecule has 0 saturated carbocycles. The number of hydrogen-bond acceptors (Lipinski definition) is 5. The van der Waals surface area contributed by atoms with Gasteiger partial charge in [-0.1, -0.05) is 30.3 Å². The quantitative estimate of drug-likeness (QED) is 0.423. The molecule has 0 spiro atoms. The molecule has 3 rings (SSSR count). The van der Waals surface area contributed by atoms with E-state index in [4.69, 9.17) is 14.2 Å². The van der Waals surface area contributed by atoms with E-state index in [9.17, 15) is 4.79 Å². The van der Waals surface area contributed by atoms with Gasteiger partial charge in [-0.15, -0.1) is 0 Å². The van der Waals surface area contributed by atoms with Crippen LogP contribution in [0.3, 0.4) is 0 Å². The highest BCUT2D eigenvalue weighted by Crippen LogP contribution is 2.28. The summed E-state index contributed by atoms with van der Waals surface area (Å²) < 4.78 is 16.5. The Bertz CT molecular complexity index is 986. The van der Waals surface area contributed by atoms with E-state index in [0.717, 1.165) is 16.9 Å². The van der Waals surface area contributed by atoms with Crippen molar-refractivity contribution < 1.29 is 19.0 Å². The zero-order valence-electron chi connectivity index (χ0n) is 17.0. The second-order valence-electron chi connectivity index (χ2n) is 6.34. The lowest BCUT2D eigenvalue weighted by atomic mass is 10.2. The Balaban J connectivity index is 1.54. The molecule has 1 N–H and O–H groups in total. The summed E-state index contributed by atoms with van der Waals surface area (Å²) in [6, 6.07) is 22.4. The smallest absolute Gasteiger partial charge is 0.271 e. The van der Waals surface area contributed by atoms with E-state index >= 15 is 0 Å². The molecule has 0 aliphatic carbocycles. The Hall–Kier alpha value is -3.80. The molecular formula is C24H24N2O4. The monoisotopic (exact) mass is 404 g/mol. The van der Waals surface area contributed by atoms with Gasteiger partial charge in [-0.25, -0.2) is 5.43 Å². The van der Waals surface area contributed by atoms with Crippen LogP contribution in [0.25, 0.3) is 0 Å². The van der Waals surface area contributed by atoms with Crippen LogP contribution in [0, 0.1) is 0 Å². The number of amides is 1. The third-order valence-corrected chi connectivity index (χ3v) is 4.23. The average molecular weight is 404 g/mol. The Morgan fingerprint density at radius 2 is 1.73 bits per heavy atom. The van der Waals surface area contributed by atoms with Crippen LogP contribution in [-0.4, -0.2) is 25.8 Å². The molecule has 1 amide bonds. The third-order valence-electron chi connectivity index (χ3n) is 4.23. The molecule has 3 aromatic rings. The molecule has 0 saturated heterocycles. The van der Waals surface area contributed by atoms with Crippen LogP contribution in [0.15, 0.2) is 77.9 Å². The molecule has 0 unspecified atom stereocenters. The Morgan fingerprint density at radius 1 is 0.967 bits per heavy atom. The van der Waals surface area contributed by atoms with Crippen LogP contribution in [0.2, 0.25) is 0 Å². The maximum absolute atomic E-state index is 12.3. The highest BCUT2D eigenvalue weighted by Gasteiger charge is 2.10. The van der Waals surface area contributed by atoms with Gasteiger partial charge in [-0.2, -0.15) is 5.10 Å². The Morgan fingerprint density at radius 3 is 2.43 bits per heavy atom. The Labute approximate surface area is 176 Å². The lowest BCUT2D eigenvalue weighted by Crippen LogP contribution is -2.17. The normalized spacial score (nSPS) is 10.6. The van der Waals surface area contributed by atoms with E-state index in [1.54, 1.807) is 24.4 Å². The molecule has 0 atom stereocenters. The van der Waals surface area contributed by atoms with Gasteiger partial charge in [-0.05, 0) is 60.5 Å². The number of nitrogens with zero attached hydrogens (tertiary/aromatic N) is 1. The summed E-state index contributed by atoms with van der Waals surface area (Å²) in [6.45, 7) is 2.91. The molecule has 0 heterocycles. The summed E-state index contributed by atoms with van der Waals surface area (Å²) in [7, 11) is 1.53. The van der Waals surface area contributed by atoms with Crippen LogP contribution >= 0.6 is 0 Å². The maximum atomic E-state index is 12.3. The largest absolute Gasteiger partial charge is 0.493 e. The lowest BCUT2D eigenvalue weighted by Gasteiger charge is -2.10. The highest BCUT2D eigenvalue weighted by molar-refractivity contribution is 5.95. The molecule has 0 aliphatic rings. The van der Waals surface area contributed by atoms with E-state index in [2.05, 4.69) is 10.5 Å². The highest BCUT2D eigenvalue weighted by atomic mass is 16.5. The fourth-order valence-corrected chi connectivity index (χ4v) is 2.70. The van der Waals surface area contributed by atoms with Crippen molar-refractivity contribution >= 4 is 12.1 Å². The van der Waals surface area contributed by atoms with Gasteiger partial charge in [0.25, 0.3) is 5.91 Å². The van der Waals surface area contributed by atoms with Crippen LogP contribution < -0.4 is 19.6 Å². The van der Waals surface area contributed by atoms with Crippen molar-refractivity contribution in [3.8, 4) is 17.2 Å². The van der Waals surface area contributed by atoms with Crippen LogP contribution in [-0.2, 0) is 6.61 Å². The van der Waals surface area contributed by atoms with Crippen LogP contribution in [0.5, 0.6) is 17.2 Å². The summed E-state index contributed by atoms with van der Waals surface area (Å²) in [5, 5.41) is 4.02. The van der Waals surface area contributed by atoms with E-state index in [1.165, 1.54) is 7.11 Å². The van der Waals surface area contributed by atoms with Crippen LogP contribution in [0.1, 0.15) is 28.4 Å². The number of benzene rings is 3. The van der Waals surface area contributed by atoms with Gasteiger partial charge < -0.3 is 14.2 Å². The number of ether oxygens (including phenoxy) is 3. The van der Waals surface area contributed by atoms with E-state index in [-0.39, 0.29) is 5.91 Å². The Kier molecular flexibility index (Phi) is 7.44. The standard InChI is InChI=1S/C24H24N2O4/c1-3-29-22-14-11-20(15-23(22)28-2)24(27)26-25-16-18-9-12-21(13-10-18)30-17-19-7-5-4-6-8-19/h4-16H,3,17H2,1-2H3,(H,26,27)/b25-16+. The van der Waals surface area contributed by atoms with E-state index in [1.807, 2.05) is 61.5 Å². The molecule has 0 bridgehead atoms. The first-order valence-corrected chi connectivity index (χ1v) is 9.60. The van der Waals surface area contributed by atoms with Crippen molar-refractivity contribution in [2.24, 2.45) is 5.10 Å². The van der Waals surface area contributed by atoms with Gasteiger partial charge in [0.1, 0.15) is 12.4 Å². The molecule has 0 fully saturated rings. The fourth-order valence-electron chi connectivity index (χ4n) is 2.70. The maximum Gasteiger partial charge on any atom is 0.271 e. The molecule has 3 aromatic carbocycles. The number of methoxy groups -OCH3 is 1. The number of nitrogens with one attached hydrogen (secondary N) is 1. The fraction of sp³-hybridized carbons (Fsp3) is 0.167. The van der Waals surface area contributed by atoms with Gasteiger partial charge >= 0.3 is 0 Å².